The summed E-state index contributed by atoms with van der Waals surface area (Å²) in [4.78, 5) is 18.4. The second-order valence-electron chi connectivity index (χ2n) is 3.82. The van der Waals surface area contributed by atoms with Crippen LogP contribution < -0.4 is 10.1 Å². The first-order chi connectivity index (χ1) is 9.19. The lowest BCUT2D eigenvalue weighted by atomic mass is 10.4. The number of carbonyl (C=O) groups is 1. The summed E-state index contributed by atoms with van der Waals surface area (Å²) >= 11 is 0. The normalized spacial score (nSPS) is 10.2. The second-order valence-corrected chi connectivity index (χ2v) is 3.82. The minimum Gasteiger partial charge on any atom is -0.481 e. The van der Waals surface area contributed by atoms with Crippen LogP contribution in [0.3, 0.4) is 0 Å². The third kappa shape index (κ3) is 3.44. The summed E-state index contributed by atoms with van der Waals surface area (Å²) < 4.78 is 6.73. The molecule has 0 spiro atoms. The van der Waals surface area contributed by atoms with Gasteiger partial charge in [0, 0.05) is 37.2 Å². The lowest BCUT2D eigenvalue weighted by Crippen LogP contribution is -2.09. The van der Waals surface area contributed by atoms with Crippen molar-refractivity contribution in [2.45, 2.75) is 6.54 Å². The topological polar surface area (TPSA) is 89.3 Å². The highest BCUT2D eigenvalue weighted by Gasteiger charge is 2.05. The van der Waals surface area contributed by atoms with Crippen LogP contribution in [0, 0.1) is 0 Å². The molecule has 19 heavy (non-hydrogen) atoms. The molecule has 0 aliphatic heterocycles. The van der Waals surface area contributed by atoms with Gasteiger partial charge in [-0.1, -0.05) is 0 Å². The largest absolute Gasteiger partial charge is 0.481 e. The minimum absolute atomic E-state index is 0.0468. The highest BCUT2D eigenvalue weighted by molar-refractivity contribution is 5.84. The van der Waals surface area contributed by atoms with E-state index in [-0.39, 0.29) is 5.69 Å². The molecule has 2 aromatic heterocycles. The third-order valence-electron chi connectivity index (χ3n) is 2.50. The van der Waals surface area contributed by atoms with Gasteiger partial charge in [0.25, 0.3) is 0 Å². The summed E-state index contributed by atoms with van der Waals surface area (Å²) in [5.74, 6) is -0.480. The monoisotopic (exact) mass is 262 g/mol. The molecule has 0 saturated heterocycles. The highest BCUT2D eigenvalue weighted by Crippen LogP contribution is 2.12. The van der Waals surface area contributed by atoms with E-state index in [1.165, 1.54) is 12.5 Å². The quantitative estimate of drug-likeness (QED) is 0.810. The van der Waals surface area contributed by atoms with Crippen LogP contribution in [-0.4, -0.2) is 39.3 Å². The van der Waals surface area contributed by atoms with Crippen LogP contribution in [0.2, 0.25) is 0 Å². The van der Waals surface area contributed by atoms with Gasteiger partial charge in [-0.3, -0.25) is 0 Å². The van der Waals surface area contributed by atoms with Crippen molar-refractivity contribution >= 4 is 11.7 Å². The van der Waals surface area contributed by atoms with E-state index in [9.17, 15) is 4.79 Å². The molecule has 0 aliphatic carbocycles. The number of carboxylic acid groups (broad SMARTS) is 1. The van der Waals surface area contributed by atoms with Crippen molar-refractivity contribution in [2.24, 2.45) is 0 Å². The first kappa shape index (κ1) is 12.9. The van der Waals surface area contributed by atoms with Crippen LogP contribution in [0.5, 0.6) is 5.88 Å². The molecule has 0 bridgehead atoms. The molecule has 2 aromatic rings. The molecule has 0 saturated carbocycles. The average molecular weight is 262 g/mol. The number of nitrogens with zero attached hydrogens (tertiary/aromatic N) is 3. The third-order valence-corrected chi connectivity index (χ3v) is 2.50. The van der Waals surface area contributed by atoms with Crippen LogP contribution >= 0.6 is 0 Å². The Bertz CT molecular complexity index is 568. The highest BCUT2D eigenvalue weighted by atomic mass is 16.5. The number of imidazole rings is 1. The zero-order valence-electron chi connectivity index (χ0n) is 10.4. The molecule has 2 heterocycles. The summed E-state index contributed by atoms with van der Waals surface area (Å²) in [6.45, 7) is 1.26. The molecular formula is C12H14N4O3. The number of hydrogen-bond donors (Lipinski definition) is 2. The molecule has 100 valence electrons. The zero-order chi connectivity index (χ0) is 13.7. The molecule has 0 unspecified atom stereocenters. The number of methoxy groups -OCH3 is 1. The van der Waals surface area contributed by atoms with Gasteiger partial charge in [0.2, 0.25) is 5.88 Å². The van der Waals surface area contributed by atoms with Crippen LogP contribution in [-0.2, 0) is 6.54 Å². The molecule has 0 aliphatic rings. The molecule has 7 heteroatoms. The van der Waals surface area contributed by atoms with Crippen LogP contribution in [0.15, 0.2) is 30.9 Å². The van der Waals surface area contributed by atoms with Gasteiger partial charge in [-0.25, -0.2) is 14.8 Å². The Morgan fingerprint density at radius 3 is 3.05 bits per heavy atom. The Labute approximate surface area is 109 Å². The van der Waals surface area contributed by atoms with E-state index in [1.807, 2.05) is 6.07 Å². The maximum Gasteiger partial charge on any atom is 0.356 e. The number of ether oxygens (including phenoxy) is 1. The first-order valence-corrected chi connectivity index (χ1v) is 5.68. The van der Waals surface area contributed by atoms with Crippen molar-refractivity contribution in [3.8, 4) is 5.88 Å². The van der Waals surface area contributed by atoms with E-state index in [1.54, 1.807) is 23.9 Å². The number of carboxylic acids is 1. The van der Waals surface area contributed by atoms with Gasteiger partial charge in [0.05, 0.1) is 13.4 Å². The summed E-state index contributed by atoms with van der Waals surface area (Å²) in [7, 11) is 1.56. The molecular weight excluding hydrogens is 248 g/mol. The number of aromatic nitrogens is 3. The number of pyridine rings is 1. The Kier molecular flexibility index (Phi) is 3.97. The Balaban J connectivity index is 1.86. The smallest absolute Gasteiger partial charge is 0.356 e. The lowest BCUT2D eigenvalue weighted by molar-refractivity contribution is 0.0691. The second kappa shape index (κ2) is 5.85. The van der Waals surface area contributed by atoms with Crippen molar-refractivity contribution in [2.75, 3.05) is 19.0 Å². The maximum absolute atomic E-state index is 10.7. The summed E-state index contributed by atoms with van der Waals surface area (Å²) in [5, 5.41) is 11.9. The molecule has 0 atom stereocenters. The zero-order valence-corrected chi connectivity index (χ0v) is 10.4. The first-order valence-electron chi connectivity index (χ1n) is 5.68. The van der Waals surface area contributed by atoms with Crippen molar-refractivity contribution in [3.05, 3.63) is 36.5 Å². The molecule has 0 fully saturated rings. The molecule has 2 N–H and O–H groups in total. The lowest BCUT2D eigenvalue weighted by Gasteiger charge is -2.07. The summed E-state index contributed by atoms with van der Waals surface area (Å²) in [6.07, 6.45) is 4.65. The van der Waals surface area contributed by atoms with Gasteiger partial charge >= 0.3 is 5.97 Å². The predicted octanol–water partition coefficient (Wildman–Crippen LogP) is 1.10. The van der Waals surface area contributed by atoms with E-state index in [4.69, 9.17) is 9.84 Å². The molecule has 7 nitrogen and oxygen atoms in total. The predicted molar refractivity (Wildman–Crippen MR) is 68.5 cm³/mol. The van der Waals surface area contributed by atoms with Crippen molar-refractivity contribution in [1.82, 2.24) is 14.5 Å². The number of nitrogens with one attached hydrogen (secondary N) is 1. The number of anilines is 1. The van der Waals surface area contributed by atoms with Gasteiger partial charge in [-0.05, 0) is 6.07 Å². The number of hydrogen-bond acceptors (Lipinski definition) is 5. The molecule has 0 radical (unpaired) electrons. The van der Waals surface area contributed by atoms with E-state index >= 15 is 0 Å². The van der Waals surface area contributed by atoms with E-state index < -0.39 is 5.97 Å². The molecule has 0 amide bonds. The van der Waals surface area contributed by atoms with Crippen LogP contribution in [0.25, 0.3) is 0 Å². The van der Waals surface area contributed by atoms with Crippen molar-refractivity contribution < 1.29 is 14.6 Å². The Hall–Kier alpha value is -2.57. The van der Waals surface area contributed by atoms with Gasteiger partial charge < -0.3 is 19.7 Å². The maximum atomic E-state index is 10.7. The van der Waals surface area contributed by atoms with E-state index in [0.717, 1.165) is 5.69 Å². The van der Waals surface area contributed by atoms with Crippen LogP contribution in [0.4, 0.5) is 5.69 Å². The summed E-state index contributed by atoms with van der Waals surface area (Å²) in [6, 6.07) is 3.62. The Morgan fingerprint density at radius 1 is 1.53 bits per heavy atom. The fourth-order valence-electron chi connectivity index (χ4n) is 1.55. The number of aromatic carboxylic acids is 1. The van der Waals surface area contributed by atoms with Gasteiger partial charge in [-0.2, -0.15) is 0 Å². The van der Waals surface area contributed by atoms with Gasteiger partial charge in [0.15, 0.2) is 5.69 Å². The van der Waals surface area contributed by atoms with Crippen molar-refractivity contribution in [1.29, 1.82) is 0 Å². The van der Waals surface area contributed by atoms with E-state index in [2.05, 4.69) is 15.3 Å². The molecule has 2 rings (SSSR count). The van der Waals surface area contributed by atoms with Crippen LogP contribution in [0.1, 0.15) is 10.5 Å². The SMILES string of the molecule is COc1cc(NCCn2cnc(C(=O)O)c2)ccn1. The van der Waals surface area contributed by atoms with Gasteiger partial charge in [0.1, 0.15) is 0 Å². The van der Waals surface area contributed by atoms with Gasteiger partial charge in [-0.15, -0.1) is 0 Å². The van der Waals surface area contributed by atoms with E-state index in [0.29, 0.717) is 19.0 Å². The Morgan fingerprint density at radius 2 is 2.37 bits per heavy atom. The van der Waals surface area contributed by atoms with Crippen molar-refractivity contribution in [3.63, 3.8) is 0 Å². The summed E-state index contributed by atoms with van der Waals surface area (Å²) in [5.41, 5.74) is 0.941. The minimum atomic E-state index is -1.02. The average Bonchev–Trinajstić information content (AvgIpc) is 2.88. The molecule has 0 aromatic carbocycles. The standard InChI is InChI=1S/C12H14N4O3/c1-19-11-6-9(2-3-14-11)13-4-5-16-7-10(12(17)18)15-8-16/h2-3,6-8H,4-5H2,1H3,(H,13,14)(H,17,18). The fraction of sp³-hybridized carbons (Fsp3) is 0.250. The number of rotatable bonds is 6. The fourth-order valence-corrected chi connectivity index (χ4v) is 1.55.